The average Bonchev–Trinajstić information content (AvgIpc) is 3.34. The van der Waals surface area contributed by atoms with Crippen LogP contribution in [-0.2, 0) is 26.6 Å². The highest BCUT2D eigenvalue weighted by Gasteiger charge is 2.35. The summed E-state index contributed by atoms with van der Waals surface area (Å²) in [5.41, 5.74) is 3.70. The van der Waals surface area contributed by atoms with Gasteiger partial charge in [-0.1, -0.05) is 11.6 Å². The van der Waals surface area contributed by atoms with Crippen molar-refractivity contribution in [1.29, 1.82) is 0 Å². The minimum absolute atomic E-state index is 0.0221. The fourth-order valence-corrected chi connectivity index (χ4v) is 4.73. The number of hydrogen-bond donors (Lipinski definition) is 2. The summed E-state index contributed by atoms with van der Waals surface area (Å²) in [6.07, 6.45) is 1.47. The highest BCUT2D eigenvalue weighted by Crippen LogP contribution is 2.30. The first kappa shape index (κ1) is 21.9. The summed E-state index contributed by atoms with van der Waals surface area (Å²) < 4.78 is 17.0. The molecule has 2 aliphatic heterocycles. The molecule has 0 spiro atoms. The normalized spacial score (nSPS) is 19.7. The van der Waals surface area contributed by atoms with E-state index < -0.39 is 12.2 Å². The molecule has 9 nitrogen and oxygen atoms in total. The van der Waals surface area contributed by atoms with Crippen LogP contribution in [0.4, 0.5) is 10.1 Å². The number of aromatic nitrogens is 4. The van der Waals surface area contributed by atoms with Crippen molar-refractivity contribution in [2.75, 3.05) is 25.5 Å². The lowest BCUT2D eigenvalue weighted by atomic mass is 10.0. The molecule has 33 heavy (non-hydrogen) atoms. The summed E-state index contributed by atoms with van der Waals surface area (Å²) in [5.74, 6) is -0.570. The summed E-state index contributed by atoms with van der Waals surface area (Å²) in [6.45, 7) is 2.03. The van der Waals surface area contributed by atoms with Gasteiger partial charge in [-0.2, -0.15) is 10.2 Å². The van der Waals surface area contributed by atoms with Crippen molar-refractivity contribution in [3.8, 4) is 0 Å². The van der Waals surface area contributed by atoms with E-state index in [1.165, 1.54) is 18.2 Å². The van der Waals surface area contributed by atoms with Gasteiger partial charge in [-0.25, -0.2) is 4.39 Å². The Hall–Kier alpha value is -2.95. The van der Waals surface area contributed by atoms with E-state index in [9.17, 15) is 14.3 Å². The number of aryl methyl sites for hydroxylation is 1. The van der Waals surface area contributed by atoms with Crippen molar-refractivity contribution in [2.45, 2.75) is 31.8 Å². The highest BCUT2D eigenvalue weighted by molar-refractivity contribution is 6.31. The molecule has 1 amide bonds. The first-order valence-corrected chi connectivity index (χ1v) is 11.1. The SMILES string of the molecule is CN1CC(c2ccn(C)n2)Cn2nc3c(c2C1=O)CN(C(O)Nc1ccc(F)c(Cl)c1)CC3. The fourth-order valence-electron chi connectivity index (χ4n) is 4.55. The quantitative estimate of drug-likeness (QED) is 0.563. The van der Waals surface area contributed by atoms with Gasteiger partial charge >= 0.3 is 0 Å². The van der Waals surface area contributed by atoms with Crippen LogP contribution < -0.4 is 5.32 Å². The van der Waals surface area contributed by atoms with Gasteiger partial charge in [0.25, 0.3) is 5.91 Å². The molecule has 2 atom stereocenters. The van der Waals surface area contributed by atoms with E-state index in [4.69, 9.17) is 16.7 Å². The van der Waals surface area contributed by atoms with E-state index in [1.54, 1.807) is 21.3 Å². The van der Waals surface area contributed by atoms with Crippen molar-refractivity contribution in [3.63, 3.8) is 0 Å². The molecule has 0 aliphatic carbocycles. The molecule has 0 saturated carbocycles. The van der Waals surface area contributed by atoms with Crippen molar-refractivity contribution < 1.29 is 14.3 Å². The highest BCUT2D eigenvalue weighted by atomic mass is 35.5. The maximum Gasteiger partial charge on any atom is 0.272 e. The molecule has 2 aliphatic rings. The fraction of sp³-hybridized carbons (Fsp3) is 0.409. The largest absolute Gasteiger partial charge is 0.361 e. The minimum atomic E-state index is -1.03. The van der Waals surface area contributed by atoms with Crippen LogP contribution in [0.2, 0.25) is 5.02 Å². The Kier molecular flexibility index (Phi) is 5.59. The standard InChI is InChI=1S/C22H25ClFN7O2/c1-28-10-13(18-5-7-29(2)26-18)11-31-20(21(28)32)15-12-30(8-6-19(15)27-31)22(33)25-14-3-4-17(24)16(23)9-14/h3-5,7,9,13,22,25,33H,6,8,10-12H2,1-2H3. The summed E-state index contributed by atoms with van der Waals surface area (Å²) in [5, 5.41) is 23.0. The zero-order valence-corrected chi connectivity index (χ0v) is 19.1. The topological polar surface area (TPSA) is 91.5 Å². The number of carbonyl (C=O) groups excluding carboxylic acids is 1. The maximum atomic E-state index is 13.4. The van der Waals surface area contributed by atoms with Gasteiger partial charge < -0.3 is 15.3 Å². The molecule has 2 N–H and O–H groups in total. The van der Waals surface area contributed by atoms with E-state index >= 15 is 0 Å². The number of benzene rings is 1. The molecule has 5 rings (SSSR count). The van der Waals surface area contributed by atoms with E-state index in [2.05, 4.69) is 10.4 Å². The lowest BCUT2D eigenvalue weighted by Gasteiger charge is -2.32. The van der Waals surface area contributed by atoms with E-state index in [0.717, 1.165) is 17.0 Å². The molecule has 174 valence electrons. The number of nitrogens with one attached hydrogen (secondary N) is 1. The second-order valence-electron chi connectivity index (χ2n) is 8.62. The Morgan fingerprint density at radius 3 is 2.79 bits per heavy atom. The number of halogens is 2. The van der Waals surface area contributed by atoms with Gasteiger partial charge in [-0.3, -0.25) is 19.1 Å². The Labute approximate surface area is 195 Å². The number of carbonyl (C=O) groups is 1. The monoisotopic (exact) mass is 473 g/mol. The number of anilines is 1. The molecule has 4 heterocycles. The van der Waals surface area contributed by atoms with Gasteiger partial charge in [0, 0.05) is 63.5 Å². The maximum absolute atomic E-state index is 13.4. The molecule has 2 unspecified atom stereocenters. The molecule has 0 bridgehead atoms. The van der Waals surface area contributed by atoms with Crippen molar-refractivity contribution >= 4 is 23.2 Å². The van der Waals surface area contributed by atoms with Crippen molar-refractivity contribution in [1.82, 2.24) is 29.4 Å². The van der Waals surface area contributed by atoms with Crippen LogP contribution in [0.1, 0.15) is 33.4 Å². The Balaban J connectivity index is 1.39. The number of fused-ring (bicyclic) bond motifs is 3. The molecule has 11 heteroatoms. The molecule has 0 fully saturated rings. The van der Waals surface area contributed by atoms with Crippen molar-refractivity contribution in [3.05, 3.63) is 63.9 Å². The number of likely N-dealkylation sites (N-methyl/N-ethyl adjacent to an activating group) is 1. The van der Waals surface area contributed by atoms with E-state index in [1.807, 2.05) is 24.2 Å². The number of nitrogens with zero attached hydrogens (tertiary/aromatic N) is 6. The number of amides is 1. The van der Waals surface area contributed by atoms with Gasteiger partial charge in [0.15, 0.2) is 6.35 Å². The second kappa shape index (κ2) is 8.44. The number of hydrogen-bond acceptors (Lipinski definition) is 6. The molecular formula is C22H25ClFN7O2. The van der Waals surface area contributed by atoms with Crippen LogP contribution in [0.15, 0.2) is 30.5 Å². The third-order valence-electron chi connectivity index (χ3n) is 6.28. The molecular weight excluding hydrogens is 449 g/mol. The van der Waals surface area contributed by atoms with Crippen LogP contribution in [0.5, 0.6) is 0 Å². The number of aliphatic hydroxyl groups excluding tert-OH is 1. The molecule has 0 saturated heterocycles. The van der Waals surface area contributed by atoms with Gasteiger partial charge in [0.1, 0.15) is 11.5 Å². The molecule has 3 aromatic rings. The van der Waals surface area contributed by atoms with Gasteiger partial charge in [-0.05, 0) is 24.3 Å². The third-order valence-corrected chi connectivity index (χ3v) is 6.57. The Morgan fingerprint density at radius 2 is 2.06 bits per heavy atom. The minimum Gasteiger partial charge on any atom is -0.361 e. The Bertz CT molecular complexity index is 1210. The number of aliphatic hydroxyl groups is 1. The number of rotatable bonds is 4. The lowest BCUT2D eigenvalue weighted by Crippen LogP contribution is -2.44. The first-order valence-electron chi connectivity index (χ1n) is 10.8. The van der Waals surface area contributed by atoms with E-state index in [-0.39, 0.29) is 16.8 Å². The first-order chi connectivity index (χ1) is 15.8. The predicted octanol–water partition coefficient (Wildman–Crippen LogP) is 2.02. The summed E-state index contributed by atoms with van der Waals surface area (Å²) in [4.78, 5) is 16.8. The summed E-state index contributed by atoms with van der Waals surface area (Å²) >= 11 is 5.85. The smallest absolute Gasteiger partial charge is 0.272 e. The van der Waals surface area contributed by atoms with Gasteiger partial charge in [0.2, 0.25) is 0 Å². The van der Waals surface area contributed by atoms with Crippen LogP contribution in [0.3, 0.4) is 0 Å². The van der Waals surface area contributed by atoms with Gasteiger partial charge in [-0.15, -0.1) is 0 Å². The zero-order chi connectivity index (χ0) is 23.3. The van der Waals surface area contributed by atoms with Crippen molar-refractivity contribution in [2.24, 2.45) is 7.05 Å². The molecule has 1 aromatic carbocycles. The third kappa shape index (κ3) is 4.09. The van der Waals surface area contributed by atoms with Crippen LogP contribution in [-0.4, -0.2) is 66.9 Å². The van der Waals surface area contributed by atoms with E-state index in [0.29, 0.717) is 44.0 Å². The summed E-state index contributed by atoms with van der Waals surface area (Å²) in [7, 11) is 3.67. The average molecular weight is 474 g/mol. The lowest BCUT2D eigenvalue weighted by molar-refractivity contribution is 0.0159. The second-order valence-corrected chi connectivity index (χ2v) is 9.03. The summed E-state index contributed by atoms with van der Waals surface area (Å²) in [6, 6.07) is 6.17. The molecule has 0 radical (unpaired) electrons. The zero-order valence-electron chi connectivity index (χ0n) is 18.4. The Morgan fingerprint density at radius 1 is 1.24 bits per heavy atom. The molecule has 2 aromatic heterocycles. The predicted molar refractivity (Wildman–Crippen MR) is 120 cm³/mol. The van der Waals surface area contributed by atoms with Gasteiger partial charge in [0.05, 0.1) is 23.0 Å². The van der Waals surface area contributed by atoms with Crippen LogP contribution >= 0.6 is 11.6 Å². The van der Waals surface area contributed by atoms with Crippen LogP contribution in [0, 0.1) is 5.82 Å². The van der Waals surface area contributed by atoms with Crippen LogP contribution in [0.25, 0.3) is 0 Å².